The molecule has 0 radical (unpaired) electrons. The quantitative estimate of drug-likeness (QED) is 0.728. The third-order valence-electron chi connectivity index (χ3n) is 3.53. The second kappa shape index (κ2) is 6.42. The minimum absolute atomic E-state index is 0.0949. The summed E-state index contributed by atoms with van der Waals surface area (Å²) in [6.45, 7) is 0.514. The smallest absolute Gasteiger partial charge is 0.253 e. The van der Waals surface area contributed by atoms with Crippen LogP contribution < -0.4 is 5.32 Å². The number of carbonyl (C=O) groups excluding carboxylic acids is 1. The van der Waals surface area contributed by atoms with Gasteiger partial charge in [-0.3, -0.25) is 4.79 Å². The number of carbonyl (C=O) groups is 1. The fourth-order valence-electron chi connectivity index (χ4n) is 2.39. The first-order chi connectivity index (χ1) is 10.6. The van der Waals surface area contributed by atoms with Crippen molar-refractivity contribution in [1.82, 2.24) is 10.3 Å². The summed E-state index contributed by atoms with van der Waals surface area (Å²) < 4.78 is 0. The molecule has 0 unspecified atom stereocenters. The number of halogens is 2. The lowest BCUT2D eigenvalue weighted by Gasteiger charge is -2.06. The van der Waals surface area contributed by atoms with E-state index in [0.29, 0.717) is 28.6 Å². The number of para-hydroxylation sites is 1. The molecule has 0 saturated heterocycles. The highest BCUT2D eigenvalue weighted by atomic mass is 35.5. The molecule has 1 amide bonds. The van der Waals surface area contributed by atoms with Crippen LogP contribution in [0.3, 0.4) is 0 Å². The van der Waals surface area contributed by atoms with Gasteiger partial charge < -0.3 is 10.3 Å². The Morgan fingerprint density at radius 1 is 1.14 bits per heavy atom. The zero-order chi connectivity index (χ0) is 15.5. The van der Waals surface area contributed by atoms with Gasteiger partial charge in [0.15, 0.2) is 0 Å². The van der Waals surface area contributed by atoms with Gasteiger partial charge in [0.1, 0.15) is 0 Å². The SMILES string of the molecule is O=C(NCCc1ccc(Cl)cc1Cl)c1c[nH]c2ccccc12. The van der Waals surface area contributed by atoms with Gasteiger partial charge in [0.25, 0.3) is 5.91 Å². The standard InChI is InChI=1S/C17H14Cl2N2O/c18-12-6-5-11(15(19)9-12)7-8-20-17(22)14-10-21-16-4-2-1-3-13(14)16/h1-6,9-10,21H,7-8H2,(H,20,22). The molecule has 2 aromatic carbocycles. The minimum Gasteiger partial charge on any atom is -0.360 e. The van der Waals surface area contributed by atoms with Crippen LogP contribution in [-0.2, 0) is 6.42 Å². The molecule has 3 rings (SSSR count). The molecular formula is C17H14Cl2N2O. The normalized spacial score (nSPS) is 10.8. The Balaban J connectivity index is 1.65. The van der Waals surface area contributed by atoms with Crippen molar-refractivity contribution < 1.29 is 4.79 Å². The van der Waals surface area contributed by atoms with Gasteiger partial charge in [0, 0.05) is 33.7 Å². The number of benzene rings is 2. The summed E-state index contributed by atoms with van der Waals surface area (Å²) in [5.74, 6) is -0.0949. The highest BCUT2D eigenvalue weighted by Gasteiger charge is 2.11. The van der Waals surface area contributed by atoms with E-state index in [1.165, 1.54) is 0 Å². The van der Waals surface area contributed by atoms with Crippen LogP contribution in [-0.4, -0.2) is 17.4 Å². The summed E-state index contributed by atoms with van der Waals surface area (Å²) in [7, 11) is 0. The topological polar surface area (TPSA) is 44.9 Å². The average Bonchev–Trinajstić information content (AvgIpc) is 2.93. The third-order valence-corrected chi connectivity index (χ3v) is 4.12. The van der Waals surface area contributed by atoms with E-state index in [4.69, 9.17) is 23.2 Å². The summed E-state index contributed by atoms with van der Waals surface area (Å²) in [6, 6.07) is 13.1. The Labute approximate surface area is 138 Å². The van der Waals surface area contributed by atoms with Gasteiger partial charge >= 0.3 is 0 Å². The van der Waals surface area contributed by atoms with Gasteiger partial charge in [-0.05, 0) is 30.2 Å². The second-order valence-electron chi connectivity index (χ2n) is 4.99. The Morgan fingerprint density at radius 2 is 1.95 bits per heavy atom. The van der Waals surface area contributed by atoms with Crippen molar-refractivity contribution in [2.45, 2.75) is 6.42 Å². The van der Waals surface area contributed by atoms with Crippen molar-refractivity contribution in [2.75, 3.05) is 6.54 Å². The Kier molecular flexibility index (Phi) is 4.36. The van der Waals surface area contributed by atoms with E-state index < -0.39 is 0 Å². The molecule has 22 heavy (non-hydrogen) atoms. The number of nitrogens with one attached hydrogen (secondary N) is 2. The predicted molar refractivity (Wildman–Crippen MR) is 90.8 cm³/mol. The molecule has 2 N–H and O–H groups in total. The molecular weight excluding hydrogens is 319 g/mol. The number of hydrogen-bond donors (Lipinski definition) is 2. The number of fused-ring (bicyclic) bond motifs is 1. The molecule has 0 aliphatic heterocycles. The van der Waals surface area contributed by atoms with Gasteiger partial charge in [-0.2, -0.15) is 0 Å². The lowest BCUT2D eigenvalue weighted by molar-refractivity contribution is 0.0956. The van der Waals surface area contributed by atoms with Crippen LogP contribution in [0.5, 0.6) is 0 Å². The van der Waals surface area contributed by atoms with Crippen molar-refractivity contribution in [3.63, 3.8) is 0 Å². The summed E-state index contributed by atoms with van der Waals surface area (Å²) in [6.07, 6.45) is 2.39. The van der Waals surface area contributed by atoms with Gasteiger partial charge in [0.05, 0.1) is 5.56 Å². The van der Waals surface area contributed by atoms with Crippen molar-refractivity contribution in [1.29, 1.82) is 0 Å². The van der Waals surface area contributed by atoms with E-state index in [-0.39, 0.29) is 5.91 Å². The third kappa shape index (κ3) is 3.11. The number of aromatic nitrogens is 1. The van der Waals surface area contributed by atoms with Crippen LogP contribution >= 0.6 is 23.2 Å². The van der Waals surface area contributed by atoms with Crippen LogP contribution in [0.25, 0.3) is 10.9 Å². The first-order valence-electron chi connectivity index (χ1n) is 6.93. The molecule has 3 nitrogen and oxygen atoms in total. The Hall–Kier alpha value is -1.97. The lowest BCUT2D eigenvalue weighted by Crippen LogP contribution is -2.25. The number of rotatable bonds is 4. The molecule has 0 saturated carbocycles. The zero-order valence-corrected chi connectivity index (χ0v) is 13.2. The molecule has 5 heteroatoms. The number of H-pyrrole nitrogens is 1. The van der Waals surface area contributed by atoms with Crippen LogP contribution in [0.2, 0.25) is 10.0 Å². The monoisotopic (exact) mass is 332 g/mol. The van der Waals surface area contributed by atoms with E-state index in [0.717, 1.165) is 16.5 Å². The molecule has 0 aliphatic rings. The van der Waals surface area contributed by atoms with Gasteiger partial charge in [0.2, 0.25) is 0 Å². The molecule has 0 fully saturated rings. The minimum atomic E-state index is -0.0949. The highest BCUT2D eigenvalue weighted by Crippen LogP contribution is 2.21. The van der Waals surface area contributed by atoms with E-state index in [2.05, 4.69) is 10.3 Å². The van der Waals surface area contributed by atoms with Crippen molar-refractivity contribution in [3.05, 3.63) is 69.8 Å². The van der Waals surface area contributed by atoms with Gasteiger partial charge in [-0.25, -0.2) is 0 Å². The fourth-order valence-corrected chi connectivity index (χ4v) is 2.89. The summed E-state index contributed by atoms with van der Waals surface area (Å²) in [5.41, 5.74) is 2.57. The van der Waals surface area contributed by atoms with Crippen LogP contribution in [0, 0.1) is 0 Å². The van der Waals surface area contributed by atoms with E-state index in [9.17, 15) is 4.79 Å². The first kappa shape index (κ1) is 14.9. The van der Waals surface area contributed by atoms with Crippen LogP contribution in [0.1, 0.15) is 15.9 Å². The number of hydrogen-bond acceptors (Lipinski definition) is 1. The van der Waals surface area contributed by atoms with E-state index >= 15 is 0 Å². The highest BCUT2D eigenvalue weighted by molar-refractivity contribution is 6.35. The molecule has 0 bridgehead atoms. The largest absolute Gasteiger partial charge is 0.360 e. The Bertz CT molecular complexity index is 826. The maximum Gasteiger partial charge on any atom is 0.253 e. The van der Waals surface area contributed by atoms with Crippen LogP contribution in [0.15, 0.2) is 48.7 Å². The van der Waals surface area contributed by atoms with E-state index in [1.54, 1.807) is 18.3 Å². The summed E-state index contributed by atoms with van der Waals surface area (Å²) >= 11 is 12.0. The van der Waals surface area contributed by atoms with Crippen molar-refractivity contribution in [2.24, 2.45) is 0 Å². The fraction of sp³-hybridized carbons (Fsp3) is 0.118. The van der Waals surface area contributed by atoms with E-state index in [1.807, 2.05) is 30.3 Å². The summed E-state index contributed by atoms with van der Waals surface area (Å²) in [4.78, 5) is 15.4. The number of amides is 1. The van der Waals surface area contributed by atoms with Gasteiger partial charge in [-0.1, -0.05) is 47.5 Å². The maximum absolute atomic E-state index is 12.3. The first-order valence-corrected chi connectivity index (χ1v) is 7.69. The molecule has 3 aromatic rings. The van der Waals surface area contributed by atoms with Crippen molar-refractivity contribution in [3.8, 4) is 0 Å². The van der Waals surface area contributed by atoms with Crippen LogP contribution in [0.4, 0.5) is 0 Å². The molecule has 0 atom stereocenters. The molecule has 0 aliphatic carbocycles. The molecule has 1 aromatic heterocycles. The average molecular weight is 333 g/mol. The second-order valence-corrected chi connectivity index (χ2v) is 5.83. The number of aromatic amines is 1. The Morgan fingerprint density at radius 3 is 2.77 bits per heavy atom. The summed E-state index contributed by atoms with van der Waals surface area (Å²) in [5, 5.41) is 5.07. The molecule has 112 valence electrons. The maximum atomic E-state index is 12.3. The predicted octanol–water partition coefficient (Wildman–Crippen LogP) is 4.45. The zero-order valence-electron chi connectivity index (χ0n) is 11.7. The lowest BCUT2D eigenvalue weighted by atomic mass is 10.1. The van der Waals surface area contributed by atoms with Gasteiger partial charge in [-0.15, -0.1) is 0 Å². The van der Waals surface area contributed by atoms with Crippen molar-refractivity contribution >= 4 is 40.0 Å². The molecule has 1 heterocycles. The molecule has 0 spiro atoms.